The monoisotopic (exact) mass is 431 g/mol. The maximum Gasteiger partial charge on any atom is 0.161 e. The molecule has 4 heteroatoms. The second-order valence-electron chi connectivity index (χ2n) is 8.53. The zero-order valence-electron chi connectivity index (χ0n) is 19.0. The van der Waals surface area contributed by atoms with Crippen LogP contribution < -0.4 is 14.8 Å². The van der Waals surface area contributed by atoms with Gasteiger partial charge >= 0.3 is 0 Å². The summed E-state index contributed by atoms with van der Waals surface area (Å²) in [7, 11) is 3.31. The lowest BCUT2D eigenvalue weighted by Gasteiger charge is -2.31. The highest BCUT2D eigenvalue weighted by atomic mass is 16.5. The molecule has 32 heavy (non-hydrogen) atoms. The predicted octanol–water partition coefficient (Wildman–Crippen LogP) is 4.73. The van der Waals surface area contributed by atoms with E-state index in [0.29, 0.717) is 12.3 Å². The molecule has 3 aromatic rings. The van der Waals surface area contributed by atoms with Gasteiger partial charge in [0.1, 0.15) is 0 Å². The van der Waals surface area contributed by atoms with Gasteiger partial charge in [0.05, 0.1) is 20.3 Å². The van der Waals surface area contributed by atoms with E-state index in [0.717, 1.165) is 42.9 Å². The molecule has 4 rings (SSSR count). The molecule has 0 fully saturated rings. The summed E-state index contributed by atoms with van der Waals surface area (Å²) in [6.45, 7) is 0.876. The van der Waals surface area contributed by atoms with Gasteiger partial charge in [-0.3, -0.25) is 0 Å². The minimum absolute atomic E-state index is 0.0486. The molecule has 168 valence electrons. The van der Waals surface area contributed by atoms with Gasteiger partial charge < -0.3 is 19.9 Å². The fourth-order valence-corrected chi connectivity index (χ4v) is 4.78. The Kier molecular flexibility index (Phi) is 7.46. The van der Waals surface area contributed by atoms with Crippen molar-refractivity contribution in [2.45, 2.75) is 43.7 Å². The lowest BCUT2D eigenvalue weighted by molar-refractivity contribution is 0.119. The molecule has 0 bridgehead atoms. The number of methoxy groups -OCH3 is 2. The van der Waals surface area contributed by atoms with Gasteiger partial charge in [0.15, 0.2) is 11.5 Å². The van der Waals surface area contributed by atoms with Crippen LogP contribution in [0.4, 0.5) is 0 Å². The number of nitrogens with one attached hydrogen (secondary N) is 1. The fraction of sp³-hybridized carbons (Fsp3) is 0.357. The van der Waals surface area contributed by atoms with Gasteiger partial charge in [-0.05, 0) is 60.2 Å². The van der Waals surface area contributed by atoms with Crippen molar-refractivity contribution in [2.75, 3.05) is 20.8 Å². The lowest BCUT2D eigenvalue weighted by atomic mass is 9.85. The first kappa shape index (κ1) is 22.4. The van der Waals surface area contributed by atoms with Gasteiger partial charge in [-0.15, -0.1) is 0 Å². The highest BCUT2D eigenvalue weighted by Gasteiger charge is 2.28. The van der Waals surface area contributed by atoms with E-state index >= 15 is 0 Å². The SMILES string of the molecule is COc1cc2c(cc1OC)C[C@@H](NCCCC(c1ccccc1)c1ccccc1)[C@H](O)C2. The van der Waals surface area contributed by atoms with Gasteiger partial charge in [0, 0.05) is 18.4 Å². The number of aliphatic hydroxyl groups is 1. The van der Waals surface area contributed by atoms with Gasteiger partial charge in [-0.1, -0.05) is 60.7 Å². The van der Waals surface area contributed by atoms with Crippen LogP contribution >= 0.6 is 0 Å². The Bertz CT molecular complexity index is 951. The second kappa shape index (κ2) is 10.7. The quantitative estimate of drug-likeness (QED) is 0.481. The smallest absolute Gasteiger partial charge is 0.161 e. The number of rotatable bonds is 9. The van der Waals surface area contributed by atoms with Crippen LogP contribution in [0.1, 0.15) is 41.0 Å². The Morgan fingerprint density at radius 1 is 0.844 bits per heavy atom. The first-order valence-corrected chi connectivity index (χ1v) is 11.4. The summed E-state index contributed by atoms with van der Waals surface area (Å²) in [6.07, 6.45) is 3.11. The molecule has 3 aromatic carbocycles. The van der Waals surface area contributed by atoms with Gasteiger partial charge in [-0.25, -0.2) is 0 Å². The molecule has 0 saturated heterocycles. The number of fused-ring (bicyclic) bond motifs is 1. The summed E-state index contributed by atoms with van der Waals surface area (Å²) in [5, 5.41) is 14.4. The summed E-state index contributed by atoms with van der Waals surface area (Å²) in [6, 6.07) is 25.6. The van der Waals surface area contributed by atoms with E-state index in [2.05, 4.69) is 72.0 Å². The average Bonchev–Trinajstić information content (AvgIpc) is 2.84. The topological polar surface area (TPSA) is 50.7 Å². The van der Waals surface area contributed by atoms with Crippen molar-refractivity contribution in [3.05, 3.63) is 95.1 Å². The van der Waals surface area contributed by atoms with Crippen LogP contribution in [-0.2, 0) is 12.8 Å². The van der Waals surface area contributed by atoms with Crippen molar-refractivity contribution >= 4 is 0 Å². The molecule has 1 aliphatic rings. The highest BCUT2D eigenvalue weighted by Crippen LogP contribution is 2.34. The van der Waals surface area contributed by atoms with Crippen LogP contribution in [0, 0.1) is 0 Å². The van der Waals surface area contributed by atoms with Crippen molar-refractivity contribution in [3.63, 3.8) is 0 Å². The number of ether oxygens (including phenoxy) is 2. The predicted molar refractivity (Wildman–Crippen MR) is 129 cm³/mol. The maximum absolute atomic E-state index is 10.7. The Morgan fingerprint density at radius 2 is 1.38 bits per heavy atom. The van der Waals surface area contributed by atoms with E-state index in [4.69, 9.17) is 9.47 Å². The molecule has 0 aliphatic heterocycles. The standard InChI is InChI=1S/C28H33NO3/c1-31-27-18-22-16-25(26(30)17-23(22)19-28(27)32-2)29-15-9-14-24(20-10-5-3-6-11-20)21-12-7-4-8-13-21/h3-8,10-13,18-19,24-26,29-30H,9,14-17H2,1-2H3/t25-,26-/m1/s1. The molecular weight excluding hydrogens is 398 g/mol. The molecule has 0 heterocycles. The molecule has 0 aromatic heterocycles. The number of aliphatic hydroxyl groups excluding tert-OH is 1. The summed E-state index contributed by atoms with van der Waals surface area (Å²) < 4.78 is 10.9. The molecular formula is C28H33NO3. The molecule has 0 amide bonds. The third-order valence-corrected chi connectivity index (χ3v) is 6.52. The first-order valence-electron chi connectivity index (χ1n) is 11.4. The molecule has 2 N–H and O–H groups in total. The number of hydrogen-bond acceptors (Lipinski definition) is 4. The second-order valence-corrected chi connectivity index (χ2v) is 8.53. The summed E-state index contributed by atoms with van der Waals surface area (Å²) >= 11 is 0. The molecule has 4 nitrogen and oxygen atoms in total. The normalized spacial score (nSPS) is 17.8. The Balaban J connectivity index is 1.37. The highest BCUT2D eigenvalue weighted by molar-refractivity contribution is 5.49. The molecule has 0 saturated carbocycles. The zero-order valence-corrected chi connectivity index (χ0v) is 19.0. The average molecular weight is 432 g/mol. The molecule has 0 unspecified atom stereocenters. The largest absolute Gasteiger partial charge is 0.493 e. The number of benzene rings is 3. The molecule has 0 spiro atoms. The van der Waals surface area contributed by atoms with Crippen LogP contribution in [0.15, 0.2) is 72.8 Å². The molecule has 2 atom stereocenters. The van der Waals surface area contributed by atoms with Gasteiger partial charge in [0.2, 0.25) is 0 Å². The first-order chi connectivity index (χ1) is 15.7. The van der Waals surface area contributed by atoms with E-state index in [1.165, 1.54) is 16.7 Å². The van der Waals surface area contributed by atoms with Crippen LogP contribution in [-0.4, -0.2) is 38.0 Å². The fourth-order valence-electron chi connectivity index (χ4n) is 4.78. The Hall–Kier alpha value is -2.82. The van der Waals surface area contributed by atoms with E-state index in [-0.39, 0.29) is 6.04 Å². The summed E-state index contributed by atoms with van der Waals surface area (Å²) in [5.41, 5.74) is 5.07. The number of hydrogen-bond donors (Lipinski definition) is 2. The van der Waals surface area contributed by atoms with Crippen LogP contribution in [0.5, 0.6) is 11.5 Å². The van der Waals surface area contributed by atoms with Crippen LogP contribution in [0.25, 0.3) is 0 Å². The van der Waals surface area contributed by atoms with Crippen molar-refractivity contribution in [1.29, 1.82) is 0 Å². The summed E-state index contributed by atoms with van der Waals surface area (Å²) in [4.78, 5) is 0. The van der Waals surface area contributed by atoms with E-state index in [1.54, 1.807) is 14.2 Å². The van der Waals surface area contributed by atoms with Crippen molar-refractivity contribution < 1.29 is 14.6 Å². The van der Waals surface area contributed by atoms with Crippen molar-refractivity contribution in [1.82, 2.24) is 5.32 Å². The van der Waals surface area contributed by atoms with E-state index < -0.39 is 6.10 Å². The molecule has 1 aliphatic carbocycles. The van der Waals surface area contributed by atoms with E-state index in [1.807, 2.05) is 6.07 Å². The Morgan fingerprint density at radius 3 is 1.91 bits per heavy atom. The third-order valence-electron chi connectivity index (χ3n) is 6.52. The lowest BCUT2D eigenvalue weighted by Crippen LogP contribution is -2.45. The minimum atomic E-state index is -0.403. The van der Waals surface area contributed by atoms with Gasteiger partial charge in [-0.2, -0.15) is 0 Å². The van der Waals surface area contributed by atoms with Crippen LogP contribution in [0.2, 0.25) is 0 Å². The van der Waals surface area contributed by atoms with E-state index in [9.17, 15) is 5.11 Å². The summed E-state index contributed by atoms with van der Waals surface area (Å²) in [5.74, 6) is 1.85. The van der Waals surface area contributed by atoms with Gasteiger partial charge in [0.25, 0.3) is 0 Å². The van der Waals surface area contributed by atoms with Crippen LogP contribution in [0.3, 0.4) is 0 Å². The maximum atomic E-state index is 10.7. The molecule has 0 radical (unpaired) electrons. The Labute approximate surface area is 191 Å². The zero-order chi connectivity index (χ0) is 22.3. The minimum Gasteiger partial charge on any atom is -0.493 e. The van der Waals surface area contributed by atoms with Crippen molar-refractivity contribution in [3.8, 4) is 11.5 Å². The van der Waals surface area contributed by atoms with Crippen molar-refractivity contribution in [2.24, 2.45) is 0 Å². The third kappa shape index (κ3) is 5.14.